The van der Waals surface area contributed by atoms with E-state index in [1.165, 1.54) is 0 Å². The summed E-state index contributed by atoms with van der Waals surface area (Å²) < 4.78 is 0. The summed E-state index contributed by atoms with van der Waals surface area (Å²) in [4.78, 5) is 19.1. The van der Waals surface area contributed by atoms with Gasteiger partial charge in [0.1, 0.15) is 0 Å². The number of nitrogens with zero attached hydrogens (tertiary/aromatic N) is 2. The normalized spacial score (nSPS) is 16.7. The minimum Gasteiger partial charge on any atom is -0.367 e. The molecule has 1 aliphatic heterocycles. The monoisotopic (exact) mass is 250 g/mol. The van der Waals surface area contributed by atoms with Gasteiger partial charge in [0, 0.05) is 65.1 Å². The van der Waals surface area contributed by atoms with Crippen molar-refractivity contribution in [1.82, 2.24) is 20.1 Å². The first kappa shape index (κ1) is 13.1. The van der Waals surface area contributed by atoms with Crippen molar-refractivity contribution in [2.24, 2.45) is 0 Å². The summed E-state index contributed by atoms with van der Waals surface area (Å²) in [5.41, 5.74) is 1.15. The highest BCUT2D eigenvalue weighted by Gasteiger charge is 2.13. The van der Waals surface area contributed by atoms with Crippen LogP contribution in [-0.4, -0.2) is 60.5 Å². The number of aromatic nitrogens is 1. The molecule has 0 radical (unpaired) electrons. The van der Waals surface area contributed by atoms with E-state index >= 15 is 0 Å². The molecule has 0 unspecified atom stereocenters. The molecule has 1 aromatic rings. The van der Waals surface area contributed by atoms with Crippen LogP contribution in [0.5, 0.6) is 0 Å². The highest BCUT2D eigenvalue weighted by atomic mass is 16.2. The molecule has 0 saturated carbocycles. The lowest BCUT2D eigenvalue weighted by Crippen LogP contribution is -2.44. The molecule has 0 spiro atoms. The van der Waals surface area contributed by atoms with E-state index in [0.717, 1.165) is 38.3 Å². The van der Waals surface area contributed by atoms with Crippen molar-refractivity contribution in [3.8, 4) is 0 Å². The van der Waals surface area contributed by atoms with Crippen molar-refractivity contribution in [2.45, 2.75) is 13.0 Å². The standard InChI is InChI=1S/C13H22N4O/c1-16(11-12-2-4-15-10-12)13(18)3-7-17-8-5-14-6-9-17/h2,4,10,14-15H,3,5-9,11H2,1H3. The SMILES string of the molecule is CN(Cc1cc[nH]c1)C(=O)CCN1CCNCC1. The van der Waals surface area contributed by atoms with Crippen molar-refractivity contribution >= 4 is 5.91 Å². The predicted molar refractivity (Wildman–Crippen MR) is 71.2 cm³/mol. The fraction of sp³-hybridized carbons (Fsp3) is 0.615. The summed E-state index contributed by atoms with van der Waals surface area (Å²) in [7, 11) is 1.87. The Morgan fingerprint density at radius 3 is 2.89 bits per heavy atom. The van der Waals surface area contributed by atoms with Gasteiger partial charge in [0.25, 0.3) is 0 Å². The molecule has 0 atom stereocenters. The molecule has 0 bridgehead atoms. The van der Waals surface area contributed by atoms with E-state index < -0.39 is 0 Å². The molecule has 1 aliphatic rings. The highest BCUT2D eigenvalue weighted by molar-refractivity contribution is 5.76. The number of aromatic amines is 1. The number of carbonyl (C=O) groups excluding carboxylic acids is 1. The van der Waals surface area contributed by atoms with E-state index in [4.69, 9.17) is 0 Å². The third-order valence-electron chi connectivity index (χ3n) is 3.36. The summed E-state index contributed by atoms with van der Waals surface area (Å²) in [6, 6.07) is 2.00. The number of carbonyl (C=O) groups is 1. The minimum atomic E-state index is 0.217. The number of hydrogen-bond donors (Lipinski definition) is 2. The lowest BCUT2D eigenvalue weighted by Gasteiger charge is -2.27. The van der Waals surface area contributed by atoms with Crippen LogP contribution >= 0.6 is 0 Å². The number of nitrogens with one attached hydrogen (secondary N) is 2. The van der Waals surface area contributed by atoms with Crippen molar-refractivity contribution in [2.75, 3.05) is 39.8 Å². The van der Waals surface area contributed by atoms with Gasteiger partial charge in [0.2, 0.25) is 5.91 Å². The lowest BCUT2D eigenvalue weighted by molar-refractivity contribution is -0.130. The number of H-pyrrole nitrogens is 1. The third kappa shape index (κ3) is 3.85. The Morgan fingerprint density at radius 2 is 2.22 bits per heavy atom. The van der Waals surface area contributed by atoms with Gasteiger partial charge in [-0.15, -0.1) is 0 Å². The Labute approximate surface area is 108 Å². The zero-order valence-corrected chi connectivity index (χ0v) is 11.0. The second-order valence-corrected chi connectivity index (χ2v) is 4.81. The molecule has 1 fully saturated rings. The Hall–Kier alpha value is -1.33. The smallest absolute Gasteiger partial charge is 0.223 e. The average Bonchev–Trinajstić information content (AvgIpc) is 2.90. The molecule has 5 heteroatoms. The van der Waals surface area contributed by atoms with Crippen LogP contribution in [0.1, 0.15) is 12.0 Å². The maximum atomic E-state index is 12.0. The lowest BCUT2D eigenvalue weighted by atomic mass is 10.2. The Morgan fingerprint density at radius 1 is 1.44 bits per heavy atom. The second kappa shape index (κ2) is 6.56. The molecule has 1 amide bonds. The molecule has 2 N–H and O–H groups in total. The van der Waals surface area contributed by atoms with E-state index in [0.29, 0.717) is 13.0 Å². The van der Waals surface area contributed by atoms with Gasteiger partial charge in [0.05, 0.1) is 0 Å². The van der Waals surface area contributed by atoms with Crippen LogP contribution in [0.4, 0.5) is 0 Å². The van der Waals surface area contributed by atoms with Gasteiger partial charge < -0.3 is 20.1 Å². The van der Waals surface area contributed by atoms with Crippen LogP contribution in [0.15, 0.2) is 18.5 Å². The van der Waals surface area contributed by atoms with E-state index in [1.807, 2.05) is 25.5 Å². The molecular weight excluding hydrogens is 228 g/mol. The molecule has 1 saturated heterocycles. The highest BCUT2D eigenvalue weighted by Crippen LogP contribution is 2.04. The van der Waals surface area contributed by atoms with E-state index in [1.54, 1.807) is 4.90 Å². The van der Waals surface area contributed by atoms with Crippen LogP contribution < -0.4 is 5.32 Å². The molecule has 2 rings (SSSR count). The Kier molecular flexibility index (Phi) is 4.78. The minimum absolute atomic E-state index is 0.217. The average molecular weight is 250 g/mol. The first-order chi connectivity index (χ1) is 8.75. The Bertz CT molecular complexity index is 357. The number of piperazine rings is 1. The predicted octanol–water partition coefficient (Wildman–Crippen LogP) is 0.268. The van der Waals surface area contributed by atoms with Crippen molar-refractivity contribution in [1.29, 1.82) is 0 Å². The summed E-state index contributed by atoms with van der Waals surface area (Å²) in [5.74, 6) is 0.217. The number of hydrogen-bond acceptors (Lipinski definition) is 3. The fourth-order valence-electron chi connectivity index (χ4n) is 2.20. The van der Waals surface area contributed by atoms with E-state index in [9.17, 15) is 4.79 Å². The second-order valence-electron chi connectivity index (χ2n) is 4.81. The van der Waals surface area contributed by atoms with Crippen molar-refractivity contribution in [3.05, 3.63) is 24.0 Å². The Balaban J connectivity index is 1.70. The number of amides is 1. The molecule has 0 aliphatic carbocycles. The van der Waals surface area contributed by atoms with E-state index in [-0.39, 0.29) is 5.91 Å². The van der Waals surface area contributed by atoms with Crippen LogP contribution in [-0.2, 0) is 11.3 Å². The van der Waals surface area contributed by atoms with E-state index in [2.05, 4.69) is 15.2 Å². The first-order valence-electron chi connectivity index (χ1n) is 6.54. The van der Waals surface area contributed by atoms with Crippen molar-refractivity contribution in [3.63, 3.8) is 0 Å². The topological polar surface area (TPSA) is 51.4 Å². The fourth-order valence-corrected chi connectivity index (χ4v) is 2.20. The van der Waals surface area contributed by atoms with Gasteiger partial charge in [-0.1, -0.05) is 0 Å². The third-order valence-corrected chi connectivity index (χ3v) is 3.36. The quantitative estimate of drug-likeness (QED) is 0.788. The molecule has 18 heavy (non-hydrogen) atoms. The van der Waals surface area contributed by atoms with Crippen LogP contribution in [0.3, 0.4) is 0 Å². The van der Waals surface area contributed by atoms with Crippen LogP contribution in [0.2, 0.25) is 0 Å². The van der Waals surface area contributed by atoms with Gasteiger partial charge >= 0.3 is 0 Å². The molecular formula is C13H22N4O. The number of rotatable bonds is 5. The molecule has 2 heterocycles. The van der Waals surface area contributed by atoms with Gasteiger partial charge in [-0.25, -0.2) is 0 Å². The van der Waals surface area contributed by atoms with Gasteiger partial charge in [-0.05, 0) is 11.6 Å². The summed E-state index contributed by atoms with van der Waals surface area (Å²) in [6.45, 7) is 5.73. The summed E-state index contributed by atoms with van der Waals surface area (Å²) in [5, 5.41) is 3.31. The summed E-state index contributed by atoms with van der Waals surface area (Å²) in [6.07, 6.45) is 4.43. The molecule has 5 nitrogen and oxygen atoms in total. The van der Waals surface area contributed by atoms with Gasteiger partial charge in [0.15, 0.2) is 0 Å². The van der Waals surface area contributed by atoms with Crippen LogP contribution in [0.25, 0.3) is 0 Å². The maximum absolute atomic E-state index is 12.0. The van der Waals surface area contributed by atoms with Crippen LogP contribution in [0, 0.1) is 0 Å². The first-order valence-corrected chi connectivity index (χ1v) is 6.54. The molecule has 0 aromatic carbocycles. The molecule has 100 valence electrons. The maximum Gasteiger partial charge on any atom is 0.223 e. The zero-order chi connectivity index (χ0) is 12.8. The zero-order valence-electron chi connectivity index (χ0n) is 11.0. The van der Waals surface area contributed by atoms with Crippen molar-refractivity contribution < 1.29 is 4.79 Å². The largest absolute Gasteiger partial charge is 0.367 e. The van der Waals surface area contributed by atoms with Gasteiger partial charge in [-0.3, -0.25) is 4.79 Å². The molecule has 1 aromatic heterocycles. The summed E-state index contributed by atoms with van der Waals surface area (Å²) >= 11 is 0. The van der Waals surface area contributed by atoms with Gasteiger partial charge in [-0.2, -0.15) is 0 Å².